The van der Waals surface area contributed by atoms with Gasteiger partial charge in [0.25, 0.3) is 0 Å². The lowest BCUT2D eigenvalue weighted by Crippen LogP contribution is -2.36. The van der Waals surface area contributed by atoms with Crippen LogP contribution < -0.4 is 11.3 Å². The lowest BCUT2D eigenvalue weighted by atomic mass is 9.68. The first-order valence-electron chi connectivity index (χ1n) is 4.97. The van der Waals surface area contributed by atoms with Gasteiger partial charge in [-0.2, -0.15) is 0 Å². The van der Waals surface area contributed by atoms with E-state index in [-0.39, 0.29) is 0 Å². The molecule has 0 aliphatic heterocycles. The van der Waals surface area contributed by atoms with Crippen LogP contribution in [0.1, 0.15) is 40.0 Å². The minimum atomic E-state index is 0.527. The maximum atomic E-state index is 5.34. The molecule has 1 saturated carbocycles. The number of nitrogens with two attached hydrogens (primary N) is 1. The van der Waals surface area contributed by atoms with Gasteiger partial charge in [-0.25, -0.2) is 0 Å². The second-order valence-electron chi connectivity index (χ2n) is 5.19. The maximum Gasteiger partial charge on any atom is 0.0126 e. The first-order chi connectivity index (χ1) is 5.53. The van der Waals surface area contributed by atoms with Crippen LogP contribution in [-0.4, -0.2) is 6.54 Å². The van der Waals surface area contributed by atoms with Crippen molar-refractivity contribution in [2.24, 2.45) is 23.1 Å². The highest BCUT2D eigenvalue weighted by Crippen LogP contribution is 2.41. The lowest BCUT2D eigenvalue weighted by molar-refractivity contribution is 0.132. The first kappa shape index (κ1) is 10.0. The van der Waals surface area contributed by atoms with E-state index in [9.17, 15) is 0 Å². The van der Waals surface area contributed by atoms with E-state index < -0.39 is 0 Å². The van der Waals surface area contributed by atoms with Gasteiger partial charge >= 0.3 is 0 Å². The largest absolute Gasteiger partial charge is 0.271 e. The zero-order valence-corrected chi connectivity index (χ0v) is 8.56. The monoisotopic (exact) mass is 170 g/mol. The van der Waals surface area contributed by atoms with Crippen molar-refractivity contribution < 1.29 is 0 Å². The molecular formula is C10H22N2. The second kappa shape index (κ2) is 3.75. The van der Waals surface area contributed by atoms with Gasteiger partial charge in [-0.15, -0.1) is 0 Å². The molecule has 0 aromatic rings. The molecule has 12 heavy (non-hydrogen) atoms. The summed E-state index contributed by atoms with van der Waals surface area (Å²) < 4.78 is 0. The molecule has 0 heterocycles. The van der Waals surface area contributed by atoms with Crippen LogP contribution in [-0.2, 0) is 0 Å². The van der Waals surface area contributed by atoms with Crippen molar-refractivity contribution in [3.8, 4) is 0 Å². The van der Waals surface area contributed by atoms with Crippen LogP contribution in [0.2, 0.25) is 0 Å². The van der Waals surface area contributed by atoms with E-state index in [2.05, 4.69) is 26.2 Å². The molecule has 0 spiro atoms. The topological polar surface area (TPSA) is 38.0 Å². The fourth-order valence-corrected chi connectivity index (χ4v) is 2.87. The van der Waals surface area contributed by atoms with E-state index in [1.165, 1.54) is 19.3 Å². The Labute approximate surface area is 75.9 Å². The van der Waals surface area contributed by atoms with Crippen molar-refractivity contribution in [3.63, 3.8) is 0 Å². The Balaban J connectivity index is 2.46. The van der Waals surface area contributed by atoms with Gasteiger partial charge in [-0.1, -0.05) is 20.8 Å². The van der Waals surface area contributed by atoms with Crippen molar-refractivity contribution in [2.45, 2.75) is 40.0 Å². The van der Waals surface area contributed by atoms with E-state index in [4.69, 9.17) is 5.84 Å². The number of nitrogens with one attached hydrogen (secondary N) is 1. The summed E-state index contributed by atoms with van der Waals surface area (Å²) in [5.41, 5.74) is 3.32. The van der Waals surface area contributed by atoms with Crippen molar-refractivity contribution in [2.75, 3.05) is 6.54 Å². The van der Waals surface area contributed by atoms with E-state index >= 15 is 0 Å². The van der Waals surface area contributed by atoms with Gasteiger partial charge in [0, 0.05) is 6.54 Å². The molecular weight excluding hydrogens is 148 g/mol. The average Bonchev–Trinajstić information content (AvgIpc) is 1.82. The average molecular weight is 170 g/mol. The standard InChI is InChI=1S/C10H22N2/c1-8-4-9(7-12-11)6-10(2,3)5-8/h8-9,12H,4-7,11H2,1-3H3. The lowest BCUT2D eigenvalue weighted by Gasteiger charge is -2.38. The molecule has 2 heteroatoms. The minimum absolute atomic E-state index is 0.527. The minimum Gasteiger partial charge on any atom is -0.271 e. The van der Waals surface area contributed by atoms with E-state index in [1.807, 2.05) is 0 Å². The Kier molecular flexibility index (Phi) is 3.13. The Morgan fingerprint density at radius 3 is 2.58 bits per heavy atom. The summed E-state index contributed by atoms with van der Waals surface area (Å²) in [6.45, 7) is 8.07. The van der Waals surface area contributed by atoms with Gasteiger partial charge in [-0.3, -0.25) is 11.3 Å². The molecule has 2 unspecified atom stereocenters. The number of rotatable bonds is 2. The van der Waals surface area contributed by atoms with Crippen molar-refractivity contribution in [1.82, 2.24) is 5.43 Å². The SMILES string of the molecule is CC1CC(CNN)CC(C)(C)C1. The van der Waals surface area contributed by atoms with Crippen molar-refractivity contribution in [1.29, 1.82) is 0 Å². The van der Waals surface area contributed by atoms with Gasteiger partial charge < -0.3 is 0 Å². The Bertz CT molecular complexity index is 143. The third kappa shape index (κ3) is 2.76. The highest BCUT2D eigenvalue weighted by Gasteiger charge is 2.31. The van der Waals surface area contributed by atoms with Gasteiger partial charge in [0.1, 0.15) is 0 Å². The highest BCUT2D eigenvalue weighted by molar-refractivity contribution is 4.83. The smallest absolute Gasteiger partial charge is 0.0126 e. The summed E-state index contributed by atoms with van der Waals surface area (Å²) >= 11 is 0. The normalized spacial score (nSPS) is 35.0. The maximum absolute atomic E-state index is 5.34. The van der Waals surface area contributed by atoms with Gasteiger partial charge in [0.15, 0.2) is 0 Å². The summed E-state index contributed by atoms with van der Waals surface area (Å²) in [6, 6.07) is 0. The Morgan fingerprint density at radius 1 is 1.42 bits per heavy atom. The summed E-state index contributed by atoms with van der Waals surface area (Å²) in [7, 11) is 0. The summed E-state index contributed by atoms with van der Waals surface area (Å²) in [5, 5.41) is 0. The van der Waals surface area contributed by atoms with Crippen molar-refractivity contribution in [3.05, 3.63) is 0 Å². The zero-order valence-electron chi connectivity index (χ0n) is 8.56. The molecule has 2 nitrogen and oxygen atoms in total. The highest BCUT2D eigenvalue weighted by atomic mass is 15.2. The van der Waals surface area contributed by atoms with Crippen LogP contribution in [0.15, 0.2) is 0 Å². The summed E-state index contributed by atoms with van der Waals surface area (Å²) in [6.07, 6.45) is 4.03. The predicted octanol–water partition coefficient (Wildman–Crippen LogP) is 1.91. The van der Waals surface area contributed by atoms with Gasteiger partial charge in [0.2, 0.25) is 0 Å². The van der Waals surface area contributed by atoms with Crippen LogP contribution in [0.4, 0.5) is 0 Å². The first-order valence-corrected chi connectivity index (χ1v) is 4.97. The van der Waals surface area contributed by atoms with Crippen LogP contribution in [0.3, 0.4) is 0 Å². The number of hydrogen-bond acceptors (Lipinski definition) is 2. The van der Waals surface area contributed by atoms with E-state index in [0.29, 0.717) is 5.41 Å². The third-order valence-corrected chi connectivity index (χ3v) is 2.88. The summed E-state index contributed by atoms with van der Waals surface area (Å²) in [4.78, 5) is 0. The molecule has 0 radical (unpaired) electrons. The van der Waals surface area contributed by atoms with Crippen LogP contribution >= 0.6 is 0 Å². The van der Waals surface area contributed by atoms with Crippen LogP contribution in [0.5, 0.6) is 0 Å². The summed E-state index contributed by atoms with van der Waals surface area (Å²) in [5.74, 6) is 7.00. The third-order valence-electron chi connectivity index (χ3n) is 2.88. The van der Waals surface area contributed by atoms with Crippen LogP contribution in [0, 0.1) is 17.3 Å². The van der Waals surface area contributed by atoms with E-state index in [0.717, 1.165) is 18.4 Å². The predicted molar refractivity (Wildman–Crippen MR) is 52.5 cm³/mol. The number of hydrogen-bond donors (Lipinski definition) is 2. The Morgan fingerprint density at radius 2 is 2.08 bits per heavy atom. The molecule has 0 aromatic heterocycles. The van der Waals surface area contributed by atoms with Gasteiger partial charge in [0.05, 0.1) is 0 Å². The Hall–Kier alpha value is -0.0800. The van der Waals surface area contributed by atoms with E-state index in [1.54, 1.807) is 0 Å². The molecule has 0 aromatic carbocycles. The van der Waals surface area contributed by atoms with Crippen LogP contribution in [0.25, 0.3) is 0 Å². The number of hydrazine groups is 1. The molecule has 0 bridgehead atoms. The molecule has 3 N–H and O–H groups in total. The molecule has 1 aliphatic carbocycles. The second-order valence-corrected chi connectivity index (χ2v) is 5.19. The molecule has 0 saturated heterocycles. The molecule has 0 amide bonds. The van der Waals surface area contributed by atoms with Crippen molar-refractivity contribution >= 4 is 0 Å². The molecule has 2 atom stereocenters. The zero-order chi connectivity index (χ0) is 9.19. The van der Waals surface area contributed by atoms with Gasteiger partial charge in [-0.05, 0) is 36.5 Å². The molecule has 1 aliphatic rings. The molecule has 1 rings (SSSR count). The fourth-order valence-electron chi connectivity index (χ4n) is 2.87. The molecule has 72 valence electrons. The fraction of sp³-hybridized carbons (Fsp3) is 1.00. The quantitative estimate of drug-likeness (QED) is 0.491. The molecule has 1 fully saturated rings.